The Labute approximate surface area is 94.5 Å². The van der Waals surface area contributed by atoms with Crippen LogP contribution in [0.1, 0.15) is 18.9 Å². The number of carboxylic acid groups (broad SMARTS) is 1. The van der Waals surface area contributed by atoms with Gasteiger partial charge in [-0.05, 0) is 12.0 Å². The van der Waals surface area contributed by atoms with Crippen LogP contribution in [0.5, 0.6) is 0 Å². The molecule has 1 aromatic carbocycles. The summed E-state index contributed by atoms with van der Waals surface area (Å²) in [5.74, 6) is -1.01. The van der Waals surface area contributed by atoms with Gasteiger partial charge in [-0.3, -0.25) is 0 Å². The number of oxime groups is 1. The van der Waals surface area contributed by atoms with Gasteiger partial charge in [0.05, 0.1) is 5.71 Å². The molecule has 0 aliphatic heterocycles. The number of rotatable bonds is 6. The molecule has 4 heteroatoms. The number of carboxylic acids is 1. The van der Waals surface area contributed by atoms with Gasteiger partial charge in [0.2, 0.25) is 6.61 Å². The molecule has 86 valence electrons. The van der Waals surface area contributed by atoms with E-state index in [9.17, 15) is 4.79 Å². The highest BCUT2D eigenvalue weighted by Gasteiger charge is 2.01. The summed E-state index contributed by atoms with van der Waals surface area (Å²) >= 11 is 0. The molecule has 1 N–H and O–H groups in total. The van der Waals surface area contributed by atoms with Crippen molar-refractivity contribution >= 4 is 11.7 Å². The molecule has 1 rings (SSSR count). The van der Waals surface area contributed by atoms with Crippen LogP contribution in [0.3, 0.4) is 0 Å². The topological polar surface area (TPSA) is 58.9 Å². The van der Waals surface area contributed by atoms with Crippen LogP contribution in [0, 0.1) is 0 Å². The molecule has 0 saturated carbocycles. The van der Waals surface area contributed by atoms with Gasteiger partial charge >= 0.3 is 5.97 Å². The Morgan fingerprint density at radius 1 is 1.38 bits per heavy atom. The summed E-state index contributed by atoms with van der Waals surface area (Å²) in [7, 11) is 0. The summed E-state index contributed by atoms with van der Waals surface area (Å²) in [6, 6.07) is 9.87. The van der Waals surface area contributed by atoms with Crippen LogP contribution in [-0.2, 0) is 16.1 Å². The fraction of sp³-hybridized carbons (Fsp3) is 0.333. The lowest BCUT2D eigenvalue weighted by molar-refractivity contribution is -0.142. The van der Waals surface area contributed by atoms with E-state index < -0.39 is 12.6 Å². The summed E-state index contributed by atoms with van der Waals surface area (Å²) in [6.45, 7) is 1.57. The number of hydrogen-bond donors (Lipinski definition) is 1. The van der Waals surface area contributed by atoms with Crippen molar-refractivity contribution in [2.45, 2.75) is 19.8 Å². The molecular formula is C12H15NO3. The molecule has 4 nitrogen and oxygen atoms in total. The van der Waals surface area contributed by atoms with Gasteiger partial charge < -0.3 is 9.94 Å². The maximum absolute atomic E-state index is 10.2. The SMILES string of the molecule is CC/C(Cc1ccccc1)=N/OCC(=O)O. The van der Waals surface area contributed by atoms with Crippen molar-refractivity contribution in [2.24, 2.45) is 5.16 Å². The first kappa shape index (κ1) is 12.2. The lowest BCUT2D eigenvalue weighted by atomic mass is 10.1. The first-order valence-electron chi connectivity index (χ1n) is 5.15. The minimum Gasteiger partial charge on any atom is -0.479 e. The van der Waals surface area contributed by atoms with Crippen molar-refractivity contribution < 1.29 is 14.7 Å². The highest BCUT2D eigenvalue weighted by molar-refractivity contribution is 5.85. The average Bonchev–Trinajstić information content (AvgIpc) is 2.28. The van der Waals surface area contributed by atoms with Gasteiger partial charge in [-0.2, -0.15) is 0 Å². The summed E-state index contributed by atoms with van der Waals surface area (Å²) in [5, 5.41) is 12.2. The predicted molar refractivity (Wildman–Crippen MR) is 61.5 cm³/mol. The number of carbonyl (C=O) groups is 1. The molecule has 0 amide bonds. The van der Waals surface area contributed by atoms with Crippen LogP contribution >= 0.6 is 0 Å². The third kappa shape index (κ3) is 4.59. The van der Waals surface area contributed by atoms with Crippen molar-refractivity contribution in [1.82, 2.24) is 0 Å². The second kappa shape index (κ2) is 6.61. The largest absolute Gasteiger partial charge is 0.479 e. The van der Waals surface area contributed by atoms with Gasteiger partial charge in [-0.25, -0.2) is 4.79 Å². The molecule has 0 heterocycles. The molecule has 0 fully saturated rings. The Morgan fingerprint density at radius 3 is 2.62 bits per heavy atom. The Hall–Kier alpha value is -1.84. The quantitative estimate of drug-likeness (QED) is 0.591. The predicted octanol–water partition coefficient (Wildman–Crippen LogP) is 2.10. The van der Waals surface area contributed by atoms with Gasteiger partial charge in [0.25, 0.3) is 0 Å². The van der Waals surface area contributed by atoms with E-state index in [-0.39, 0.29) is 0 Å². The van der Waals surface area contributed by atoms with Crippen molar-refractivity contribution in [3.63, 3.8) is 0 Å². The van der Waals surface area contributed by atoms with Crippen LogP contribution in [0.25, 0.3) is 0 Å². The van der Waals surface area contributed by atoms with Crippen LogP contribution in [-0.4, -0.2) is 23.4 Å². The first-order valence-corrected chi connectivity index (χ1v) is 5.15. The molecule has 0 bridgehead atoms. The Balaban J connectivity index is 2.52. The smallest absolute Gasteiger partial charge is 0.344 e. The monoisotopic (exact) mass is 221 g/mol. The molecule has 0 radical (unpaired) electrons. The highest BCUT2D eigenvalue weighted by atomic mass is 16.6. The minimum atomic E-state index is -1.01. The van der Waals surface area contributed by atoms with E-state index in [1.807, 2.05) is 37.3 Å². The van der Waals surface area contributed by atoms with Crippen LogP contribution in [0.15, 0.2) is 35.5 Å². The second-order valence-electron chi connectivity index (χ2n) is 3.34. The fourth-order valence-corrected chi connectivity index (χ4v) is 1.23. The third-order valence-electron chi connectivity index (χ3n) is 2.04. The van der Waals surface area contributed by atoms with Crippen molar-refractivity contribution in [3.05, 3.63) is 35.9 Å². The standard InChI is InChI=1S/C12H15NO3/c1-2-11(13-16-9-12(14)15)8-10-6-4-3-5-7-10/h3-7H,2,8-9H2,1H3,(H,14,15)/b13-11-. The lowest BCUT2D eigenvalue weighted by Gasteiger charge is -2.03. The van der Waals surface area contributed by atoms with Gasteiger partial charge in [0, 0.05) is 6.42 Å². The molecule has 0 aliphatic carbocycles. The van der Waals surface area contributed by atoms with E-state index in [0.717, 1.165) is 17.7 Å². The Kier molecular flexibility index (Phi) is 5.05. The minimum absolute atomic E-state index is 0.391. The van der Waals surface area contributed by atoms with Crippen LogP contribution < -0.4 is 0 Å². The Bertz CT molecular complexity index is 360. The van der Waals surface area contributed by atoms with Crippen molar-refractivity contribution in [1.29, 1.82) is 0 Å². The van der Waals surface area contributed by atoms with Gasteiger partial charge in [-0.15, -0.1) is 0 Å². The van der Waals surface area contributed by atoms with E-state index >= 15 is 0 Å². The lowest BCUT2D eigenvalue weighted by Crippen LogP contribution is -2.07. The van der Waals surface area contributed by atoms with E-state index in [1.54, 1.807) is 0 Å². The zero-order valence-electron chi connectivity index (χ0n) is 9.22. The van der Waals surface area contributed by atoms with Crippen LogP contribution in [0.2, 0.25) is 0 Å². The summed E-state index contributed by atoms with van der Waals surface area (Å²) in [5.41, 5.74) is 1.98. The molecule has 16 heavy (non-hydrogen) atoms. The number of nitrogens with zero attached hydrogens (tertiary/aromatic N) is 1. The molecule has 0 aromatic heterocycles. The third-order valence-corrected chi connectivity index (χ3v) is 2.04. The van der Waals surface area contributed by atoms with E-state index in [2.05, 4.69) is 5.16 Å². The molecule has 0 atom stereocenters. The van der Waals surface area contributed by atoms with Crippen LogP contribution in [0.4, 0.5) is 0 Å². The van der Waals surface area contributed by atoms with Gasteiger partial charge in [0.15, 0.2) is 0 Å². The molecule has 1 aromatic rings. The van der Waals surface area contributed by atoms with Crippen molar-refractivity contribution in [2.75, 3.05) is 6.61 Å². The molecule has 0 unspecified atom stereocenters. The summed E-state index contributed by atoms with van der Waals surface area (Å²) in [6.07, 6.45) is 1.44. The molecule has 0 saturated heterocycles. The van der Waals surface area contributed by atoms with Crippen molar-refractivity contribution in [3.8, 4) is 0 Å². The number of benzene rings is 1. The van der Waals surface area contributed by atoms with E-state index in [1.165, 1.54) is 0 Å². The zero-order chi connectivity index (χ0) is 11.8. The average molecular weight is 221 g/mol. The summed E-state index contributed by atoms with van der Waals surface area (Å²) in [4.78, 5) is 14.9. The second-order valence-corrected chi connectivity index (χ2v) is 3.34. The molecular weight excluding hydrogens is 206 g/mol. The van der Waals surface area contributed by atoms with E-state index in [0.29, 0.717) is 6.42 Å². The first-order chi connectivity index (χ1) is 7.72. The number of hydrogen-bond acceptors (Lipinski definition) is 3. The fourth-order valence-electron chi connectivity index (χ4n) is 1.23. The molecule has 0 spiro atoms. The maximum Gasteiger partial charge on any atom is 0.344 e. The highest BCUT2D eigenvalue weighted by Crippen LogP contribution is 2.03. The number of aliphatic carboxylic acids is 1. The maximum atomic E-state index is 10.2. The normalized spacial score (nSPS) is 11.2. The zero-order valence-corrected chi connectivity index (χ0v) is 9.22. The Morgan fingerprint density at radius 2 is 2.06 bits per heavy atom. The summed E-state index contributed by atoms with van der Waals surface area (Å²) < 4.78 is 0. The molecule has 0 aliphatic rings. The van der Waals surface area contributed by atoms with E-state index in [4.69, 9.17) is 9.94 Å². The van der Waals surface area contributed by atoms with Gasteiger partial charge in [0.1, 0.15) is 0 Å². The van der Waals surface area contributed by atoms with Gasteiger partial charge in [-0.1, -0.05) is 42.4 Å².